The zero-order chi connectivity index (χ0) is 20.6. The summed E-state index contributed by atoms with van der Waals surface area (Å²) in [5.41, 5.74) is 5.68. The predicted molar refractivity (Wildman–Crippen MR) is 118 cm³/mol. The quantitative estimate of drug-likeness (QED) is 0.477. The minimum atomic E-state index is -3.57. The first-order valence-corrected chi connectivity index (χ1v) is 11.1. The number of aromatic nitrogens is 2. The number of anilines is 1. The Morgan fingerprint density at radius 1 is 1.03 bits per heavy atom. The fourth-order valence-electron chi connectivity index (χ4n) is 3.12. The fourth-order valence-corrected chi connectivity index (χ4v) is 4.50. The lowest BCUT2D eigenvalue weighted by molar-refractivity contribution is 0.600. The molecule has 0 bridgehead atoms. The van der Waals surface area contributed by atoms with E-state index in [0.29, 0.717) is 16.3 Å². The Kier molecular flexibility index (Phi) is 5.06. The maximum absolute atomic E-state index is 12.7. The molecule has 2 heterocycles. The van der Waals surface area contributed by atoms with Crippen molar-refractivity contribution in [3.63, 3.8) is 0 Å². The van der Waals surface area contributed by atoms with Crippen LogP contribution in [0.25, 0.3) is 16.9 Å². The number of hydrogen-bond donors (Lipinski definition) is 1. The third-order valence-corrected chi connectivity index (χ3v) is 6.18. The summed E-state index contributed by atoms with van der Waals surface area (Å²) >= 11 is 5.87. The monoisotopic (exact) mass is 425 g/mol. The number of fused-ring (bicyclic) bond motifs is 1. The average Bonchev–Trinajstić information content (AvgIpc) is 3.08. The summed E-state index contributed by atoms with van der Waals surface area (Å²) in [5.74, 6) is -0.124. The van der Waals surface area contributed by atoms with E-state index in [0.717, 1.165) is 28.0 Å². The number of sulfonamides is 1. The summed E-state index contributed by atoms with van der Waals surface area (Å²) in [5, 5.41) is 0.574. The van der Waals surface area contributed by atoms with E-state index in [4.69, 9.17) is 11.6 Å². The van der Waals surface area contributed by atoms with E-state index in [2.05, 4.69) is 9.71 Å². The van der Waals surface area contributed by atoms with E-state index in [9.17, 15) is 8.42 Å². The van der Waals surface area contributed by atoms with Gasteiger partial charge in [-0.1, -0.05) is 35.9 Å². The summed E-state index contributed by atoms with van der Waals surface area (Å²) < 4.78 is 30.0. The van der Waals surface area contributed by atoms with Crippen LogP contribution in [0.4, 0.5) is 5.69 Å². The molecule has 0 aliphatic rings. The first-order valence-electron chi connectivity index (χ1n) is 9.10. The number of imidazole rings is 1. The predicted octanol–water partition coefficient (Wildman–Crippen LogP) is 5.21. The molecule has 0 radical (unpaired) electrons. The Morgan fingerprint density at radius 3 is 2.55 bits per heavy atom. The van der Waals surface area contributed by atoms with Gasteiger partial charge >= 0.3 is 0 Å². The molecule has 4 rings (SSSR count). The molecule has 0 saturated heterocycles. The lowest BCUT2D eigenvalue weighted by Crippen LogP contribution is -2.15. The van der Waals surface area contributed by atoms with E-state index in [1.54, 1.807) is 24.3 Å². The van der Waals surface area contributed by atoms with Crippen LogP contribution < -0.4 is 4.72 Å². The molecule has 0 atom stereocenters. The van der Waals surface area contributed by atoms with Gasteiger partial charge in [-0.05, 0) is 60.9 Å². The normalized spacial score (nSPS) is 11.7. The van der Waals surface area contributed by atoms with Gasteiger partial charge in [-0.15, -0.1) is 0 Å². The van der Waals surface area contributed by atoms with Crippen LogP contribution in [0.3, 0.4) is 0 Å². The van der Waals surface area contributed by atoms with E-state index in [1.165, 1.54) is 0 Å². The Morgan fingerprint density at radius 2 is 1.79 bits per heavy atom. The molecule has 0 amide bonds. The van der Waals surface area contributed by atoms with Crippen molar-refractivity contribution in [3.05, 3.63) is 88.7 Å². The molecule has 0 unspecified atom stereocenters. The molecular formula is C22H20ClN3O2S. The molecule has 7 heteroatoms. The molecule has 1 N–H and O–H groups in total. The second-order valence-electron chi connectivity index (χ2n) is 7.11. The van der Waals surface area contributed by atoms with Crippen molar-refractivity contribution in [1.82, 2.24) is 9.38 Å². The van der Waals surface area contributed by atoms with Gasteiger partial charge in [-0.25, -0.2) is 13.4 Å². The molecule has 0 saturated carbocycles. The van der Waals surface area contributed by atoms with Gasteiger partial charge in [0.05, 0.1) is 17.1 Å². The maximum atomic E-state index is 12.7. The van der Waals surface area contributed by atoms with Crippen LogP contribution in [0.1, 0.15) is 16.7 Å². The highest BCUT2D eigenvalue weighted by Crippen LogP contribution is 2.27. The molecule has 2 aromatic heterocycles. The van der Waals surface area contributed by atoms with Crippen LogP contribution >= 0.6 is 11.6 Å². The molecule has 4 aromatic rings. The van der Waals surface area contributed by atoms with Crippen molar-refractivity contribution in [2.45, 2.75) is 19.6 Å². The van der Waals surface area contributed by atoms with Gasteiger partial charge in [0.1, 0.15) is 5.65 Å². The zero-order valence-electron chi connectivity index (χ0n) is 16.1. The average molecular weight is 426 g/mol. The van der Waals surface area contributed by atoms with Gasteiger partial charge in [0, 0.05) is 23.0 Å². The van der Waals surface area contributed by atoms with Gasteiger partial charge < -0.3 is 4.40 Å². The minimum absolute atomic E-state index is 0.124. The molecule has 0 aliphatic carbocycles. The molecular weight excluding hydrogens is 406 g/mol. The van der Waals surface area contributed by atoms with Crippen LogP contribution in [-0.2, 0) is 15.8 Å². The van der Waals surface area contributed by atoms with Crippen LogP contribution in [-0.4, -0.2) is 17.8 Å². The van der Waals surface area contributed by atoms with E-state index in [1.807, 2.05) is 61.0 Å². The van der Waals surface area contributed by atoms with Crippen molar-refractivity contribution < 1.29 is 8.42 Å². The Labute approximate surface area is 175 Å². The number of nitrogens with one attached hydrogen (secondary N) is 1. The van der Waals surface area contributed by atoms with Gasteiger partial charge in [0.15, 0.2) is 0 Å². The molecule has 5 nitrogen and oxygen atoms in total. The summed E-state index contributed by atoms with van der Waals surface area (Å²) in [6.07, 6.45) is 3.90. The van der Waals surface area contributed by atoms with Crippen molar-refractivity contribution in [2.24, 2.45) is 0 Å². The molecule has 0 fully saturated rings. The Bertz CT molecular complexity index is 1300. The zero-order valence-corrected chi connectivity index (χ0v) is 17.6. The van der Waals surface area contributed by atoms with E-state index in [-0.39, 0.29) is 5.75 Å². The van der Waals surface area contributed by atoms with Crippen LogP contribution in [0.15, 0.2) is 67.0 Å². The number of halogens is 1. The Hall–Kier alpha value is -2.83. The summed E-state index contributed by atoms with van der Waals surface area (Å²) in [6.45, 7) is 3.89. The molecule has 148 valence electrons. The highest BCUT2D eigenvalue weighted by molar-refractivity contribution is 7.91. The fraction of sp³-hybridized carbons (Fsp3) is 0.136. The largest absolute Gasteiger partial charge is 0.306 e. The lowest BCUT2D eigenvalue weighted by Gasteiger charge is -2.12. The number of hydrogen-bond acceptors (Lipinski definition) is 3. The van der Waals surface area contributed by atoms with Gasteiger partial charge in [-0.2, -0.15) is 0 Å². The topological polar surface area (TPSA) is 63.5 Å². The van der Waals surface area contributed by atoms with Crippen LogP contribution in [0.5, 0.6) is 0 Å². The lowest BCUT2D eigenvalue weighted by atomic mass is 10.1. The second-order valence-corrected chi connectivity index (χ2v) is 9.27. The summed E-state index contributed by atoms with van der Waals surface area (Å²) in [7, 11) is -3.57. The third-order valence-electron chi connectivity index (χ3n) is 4.68. The van der Waals surface area contributed by atoms with Crippen molar-refractivity contribution in [2.75, 3.05) is 4.72 Å². The number of aryl methyl sites for hydroxylation is 2. The van der Waals surface area contributed by atoms with Crippen LogP contribution in [0, 0.1) is 13.8 Å². The molecule has 2 aromatic carbocycles. The van der Waals surface area contributed by atoms with Crippen molar-refractivity contribution >= 4 is 33.0 Å². The van der Waals surface area contributed by atoms with Crippen molar-refractivity contribution in [3.8, 4) is 11.3 Å². The number of benzene rings is 2. The van der Waals surface area contributed by atoms with Gasteiger partial charge in [-0.3, -0.25) is 4.72 Å². The summed E-state index contributed by atoms with van der Waals surface area (Å²) in [6, 6.07) is 16.5. The summed E-state index contributed by atoms with van der Waals surface area (Å²) in [4.78, 5) is 4.66. The standard InChI is InChI=1S/C22H20ClN3O2S/c1-15-9-10-26-13-21(24-22(26)11-15)18-6-3-16(2)20(12-18)25-29(27,28)14-17-4-7-19(23)8-5-17/h3-13,25H,14H2,1-2H3. The van der Waals surface area contributed by atoms with E-state index >= 15 is 0 Å². The SMILES string of the molecule is Cc1ccn2cc(-c3ccc(C)c(NS(=O)(=O)Cc4ccc(Cl)cc4)c3)nc2c1. The first kappa shape index (κ1) is 19.5. The highest BCUT2D eigenvalue weighted by atomic mass is 35.5. The minimum Gasteiger partial charge on any atom is -0.306 e. The number of pyridine rings is 1. The maximum Gasteiger partial charge on any atom is 0.236 e. The highest BCUT2D eigenvalue weighted by Gasteiger charge is 2.15. The Balaban J connectivity index is 1.63. The molecule has 0 aliphatic heterocycles. The first-order chi connectivity index (χ1) is 13.8. The van der Waals surface area contributed by atoms with Crippen molar-refractivity contribution in [1.29, 1.82) is 0 Å². The molecule has 29 heavy (non-hydrogen) atoms. The third kappa shape index (κ3) is 4.44. The van der Waals surface area contributed by atoms with Gasteiger partial charge in [0.25, 0.3) is 0 Å². The van der Waals surface area contributed by atoms with Gasteiger partial charge in [0.2, 0.25) is 10.0 Å². The molecule has 0 spiro atoms. The number of rotatable bonds is 5. The smallest absolute Gasteiger partial charge is 0.236 e. The second kappa shape index (κ2) is 7.54. The number of nitrogens with zero attached hydrogens (tertiary/aromatic N) is 2. The van der Waals surface area contributed by atoms with Crippen LogP contribution in [0.2, 0.25) is 5.02 Å². The van der Waals surface area contributed by atoms with E-state index < -0.39 is 10.0 Å².